The third kappa shape index (κ3) is 3.06. The van der Waals surface area contributed by atoms with Gasteiger partial charge in [0.2, 0.25) is 5.82 Å². The average Bonchev–Trinajstić information content (AvgIpc) is 2.39. The van der Waals surface area contributed by atoms with E-state index in [1.807, 2.05) is 6.08 Å². The SMILES string of the molecule is O=C(O)c1cnc(NC2CC=CCC2)c([N+](=O)[O-])c1. The maximum atomic E-state index is 11.0. The number of aromatic nitrogens is 1. The van der Waals surface area contributed by atoms with Crippen molar-refractivity contribution in [1.82, 2.24) is 4.98 Å². The molecule has 7 nitrogen and oxygen atoms in total. The number of anilines is 1. The molecule has 1 heterocycles. The van der Waals surface area contributed by atoms with Gasteiger partial charge in [-0.1, -0.05) is 12.2 Å². The predicted octanol–water partition coefficient (Wildman–Crippen LogP) is 2.21. The number of pyridine rings is 1. The molecule has 1 unspecified atom stereocenters. The van der Waals surface area contributed by atoms with Crippen molar-refractivity contribution < 1.29 is 14.8 Å². The zero-order valence-corrected chi connectivity index (χ0v) is 10.1. The summed E-state index contributed by atoms with van der Waals surface area (Å²) < 4.78 is 0. The second-order valence-corrected chi connectivity index (χ2v) is 4.28. The van der Waals surface area contributed by atoms with Crippen LogP contribution in [0.25, 0.3) is 0 Å². The highest BCUT2D eigenvalue weighted by Crippen LogP contribution is 2.25. The van der Waals surface area contributed by atoms with E-state index >= 15 is 0 Å². The Morgan fingerprint density at radius 2 is 2.32 bits per heavy atom. The van der Waals surface area contributed by atoms with Gasteiger partial charge >= 0.3 is 11.7 Å². The Kier molecular flexibility index (Phi) is 3.74. The minimum absolute atomic E-state index is 0.0897. The van der Waals surface area contributed by atoms with E-state index in [4.69, 9.17) is 5.11 Å². The lowest BCUT2D eigenvalue weighted by molar-refractivity contribution is -0.384. The Hall–Kier alpha value is -2.44. The average molecular weight is 263 g/mol. The van der Waals surface area contributed by atoms with Crippen molar-refractivity contribution in [2.75, 3.05) is 5.32 Å². The molecule has 0 bridgehead atoms. The molecule has 0 saturated heterocycles. The highest BCUT2D eigenvalue weighted by molar-refractivity contribution is 5.88. The first-order valence-corrected chi connectivity index (χ1v) is 5.87. The monoisotopic (exact) mass is 263 g/mol. The number of aromatic carboxylic acids is 1. The smallest absolute Gasteiger partial charge is 0.337 e. The lowest BCUT2D eigenvalue weighted by Crippen LogP contribution is -2.21. The zero-order chi connectivity index (χ0) is 13.8. The van der Waals surface area contributed by atoms with Crippen LogP contribution in [0.3, 0.4) is 0 Å². The van der Waals surface area contributed by atoms with Gasteiger partial charge in [-0.3, -0.25) is 10.1 Å². The molecule has 1 aliphatic carbocycles. The first kappa shape index (κ1) is 13.0. The van der Waals surface area contributed by atoms with Gasteiger partial charge in [0.15, 0.2) is 0 Å². The summed E-state index contributed by atoms with van der Waals surface area (Å²) in [6.45, 7) is 0. The lowest BCUT2D eigenvalue weighted by Gasteiger charge is -2.19. The number of carbonyl (C=O) groups is 1. The highest BCUT2D eigenvalue weighted by Gasteiger charge is 2.21. The fourth-order valence-corrected chi connectivity index (χ4v) is 1.94. The van der Waals surface area contributed by atoms with Gasteiger partial charge in [-0.15, -0.1) is 0 Å². The fourth-order valence-electron chi connectivity index (χ4n) is 1.94. The molecule has 1 atom stereocenters. The van der Waals surface area contributed by atoms with Crippen molar-refractivity contribution in [3.05, 3.63) is 40.1 Å². The summed E-state index contributed by atoms with van der Waals surface area (Å²) in [6, 6.07) is 1.11. The Morgan fingerprint density at radius 1 is 1.53 bits per heavy atom. The summed E-state index contributed by atoms with van der Waals surface area (Å²) in [5, 5.41) is 22.8. The molecule has 1 aliphatic rings. The molecule has 0 aliphatic heterocycles. The molecule has 7 heteroatoms. The van der Waals surface area contributed by atoms with Crippen LogP contribution in [0, 0.1) is 10.1 Å². The van der Waals surface area contributed by atoms with Gasteiger partial charge in [0.1, 0.15) is 0 Å². The minimum Gasteiger partial charge on any atom is -0.478 e. The van der Waals surface area contributed by atoms with E-state index in [1.54, 1.807) is 0 Å². The Morgan fingerprint density at radius 3 is 2.89 bits per heavy atom. The van der Waals surface area contributed by atoms with Crippen LogP contribution in [0.4, 0.5) is 11.5 Å². The molecule has 0 spiro atoms. The molecule has 2 N–H and O–H groups in total. The van der Waals surface area contributed by atoms with Crippen LogP contribution in [0.15, 0.2) is 24.4 Å². The van der Waals surface area contributed by atoms with Crippen LogP contribution in [-0.4, -0.2) is 27.0 Å². The lowest BCUT2D eigenvalue weighted by atomic mass is 10.0. The van der Waals surface area contributed by atoms with Crippen LogP contribution in [0.1, 0.15) is 29.6 Å². The standard InChI is InChI=1S/C12H13N3O4/c16-12(17)8-6-10(15(18)19)11(13-7-8)14-9-4-2-1-3-5-9/h1-2,6-7,9H,3-5H2,(H,13,14)(H,16,17). The maximum Gasteiger partial charge on any atom is 0.337 e. The van der Waals surface area contributed by atoms with E-state index < -0.39 is 10.9 Å². The Bertz CT molecular complexity index is 542. The van der Waals surface area contributed by atoms with Gasteiger partial charge < -0.3 is 10.4 Å². The molecule has 1 aromatic rings. The molecule has 1 aromatic heterocycles. The van der Waals surface area contributed by atoms with Gasteiger partial charge in [0.25, 0.3) is 0 Å². The molecule has 100 valence electrons. The summed E-state index contributed by atoms with van der Waals surface area (Å²) in [7, 11) is 0. The zero-order valence-electron chi connectivity index (χ0n) is 10.1. The van der Waals surface area contributed by atoms with Gasteiger partial charge in [-0.25, -0.2) is 9.78 Å². The topological polar surface area (TPSA) is 105 Å². The van der Waals surface area contributed by atoms with Gasteiger partial charge in [0.05, 0.1) is 10.5 Å². The molecule has 19 heavy (non-hydrogen) atoms. The number of carboxylic acid groups (broad SMARTS) is 1. The first-order chi connectivity index (χ1) is 9.08. The summed E-state index contributed by atoms with van der Waals surface area (Å²) in [4.78, 5) is 25.0. The van der Waals surface area contributed by atoms with Crippen molar-refractivity contribution in [2.24, 2.45) is 0 Å². The van der Waals surface area contributed by atoms with Crippen molar-refractivity contribution in [3.8, 4) is 0 Å². The fraction of sp³-hybridized carbons (Fsp3) is 0.333. The molecule has 0 saturated carbocycles. The summed E-state index contributed by atoms with van der Waals surface area (Å²) in [5.41, 5.74) is -0.504. The van der Waals surface area contributed by atoms with Gasteiger partial charge in [-0.2, -0.15) is 0 Å². The number of nitrogens with zero attached hydrogens (tertiary/aromatic N) is 2. The Labute approximate surface area is 109 Å². The third-order valence-electron chi connectivity index (χ3n) is 2.92. The normalized spacial score (nSPS) is 18.0. The van der Waals surface area contributed by atoms with Crippen LogP contribution in [0.5, 0.6) is 0 Å². The van der Waals surface area contributed by atoms with Crippen molar-refractivity contribution in [2.45, 2.75) is 25.3 Å². The second-order valence-electron chi connectivity index (χ2n) is 4.28. The summed E-state index contributed by atoms with van der Waals surface area (Å²) >= 11 is 0. The summed E-state index contributed by atoms with van der Waals surface area (Å²) in [6.07, 6.45) is 7.76. The number of allylic oxidation sites excluding steroid dienone is 1. The van der Waals surface area contributed by atoms with E-state index in [0.29, 0.717) is 0 Å². The quantitative estimate of drug-likeness (QED) is 0.490. The van der Waals surface area contributed by atoms with E-state index in [2.05, 4.69) is 16.4 Å². The van der Waals surface area contributed by atoms with Gasteiger partial charge in [-0.05, 0) is 19.3 Å². The number of carboxylic acids is 1. The number of nitrogens with one attached hydrogen (secondary N) is 1. The van der Waals surface area contributed by atoms with E-state index in [9.17, 15) is 14.9 Å². The predicted molar refractivity (Wildman–Crippen MR) is 68.3 cm³/mol. The Balaban J connectivity index is 2.26. The van der Waals surface area contributed by atoms with Crippen molar-refractivity contribution >= 4 is 17.5 Å². The van der Waals surface area contributed by atoms with Crippen LogP contribution >= 0.6 is 0 Å². The molecule has 0 aromatic carbocycles. The summed E-state index contributed by atoms with van der Waals surface area (Å²) in [5.74, 6) is -1.11. The minimum atomic E-state index is -1.23. The number of rotatable bonds is 4. The van der Waals surface area contributed by atoms with Gasteiger partial charge in [0, 0.05) is 18.3 Å². The third-order valence-corrected chi connectivity index (χ3v) is 2.92. The molecular formula is C12H13N3O4. The number of hydrogen-bond acceptors (Lipinski definition) is 5. The maximum absolute atomic E-state index is 11.0. The van der Waals surface area contributed by atoms with Crippen LogP contribution < -0.4 is 5.32 Å². The molecule has 0 amide bonds. The highest BCUT2D eigenvalue weighted by atomic mass is 16.6. The van der Waals surface area contributed by atoms with E-state index in [-0.39, 0.29) is 23.1 Å². The van der Waals surface area contributed by atoms with E-state index in [1.165, 1.54) is 0 Å². The van der Waals surface area contributed by atoms with E-state index in [0.717, 1.165) is 31.5 Å². The first-order valence-electron chi connectivity index (χ1n) is 5.87. The van der Waals surface area contributed by atoms with Crippen LogP contribution in [-0.2, 0) is 0 Å². The molecule has 0 radical (unpaired) electrons. The largest absolute Gasteiger partial charge is 0.478 e. The second kappa shape index (κ2) is 5.47. The number of hydrogen-bond donors (Lipinski definition) is 2. The molecule has 2 rings (SSSR count). The number of nitro groups is 1. The molecular weight excluding hydrogens is 250 g/mol. The van der Waals surface area contributed by atoms with Crippen molar-refractivity contribution in [1.29, 1.82) is 0 Å². The molecule has 0 fully saturated rings. The van der Waals surface area contributed by atoms with Crippen LogP contribution in [0.2, 0.25) is 0 Å². The van der Waals surface area contributed by atoms with Crippen molar-refractivity contribution in [3.63, 3.8) is 0 Å².